The molecule has 140 valence electrons. The molecule has 2 aromatic rings. The fraction of sp³-hybridized carbons (Fsp3) is 0.400. The zero-order chi connectivity index (χ0) is 18.6. The molecule has 0 unspecified atom stereocenters. The SMILES string of the molecule is Cc1ccc(C)c(S(=O)(=O)NCCN2CCN(c3ccccc3)CC2)c1. The Hall–Kier alpha value is -1.89. The Morgan fingerprint density at radius 3 is 2.35 bits per heavy atom. The van der Waals surface area contributed by atoms with Gasteiger partial charge in [0.05, 0.1) is 4.90 Å². The topological polar surface area (TPSA) is 52.7 Å². The first-order valence-electron chi connectivity index (χ1n) is 9.05. The summed E-state index contributed by atoms with van der Waals surface area (Å²) in [7, 11) is -3.46. The summed E-state index contributed by atoms with van der Waals surface area (Å²) in [5.74, 6) is 0. The van der Waals surface area contributed by atoms with Crippen LogP contribution in [0.3, 0.4) is 0 Å². The highest BCUT2D eigenvalue weighted by Crippen LogP contribution is 2.17. The van der Waals surface area contributed by atoms with Gasteiger partial charge in [0.15, 0.2) is 0 Å². The Labute approximate surface area is 156 Å². The first-order chi connectivity index (χ1) is 12.5. The molecule has 0 amide bonds. The van der Waals surface area contributed by atoms with Crippen molar-refractivity contribution in [1.82, 2.24) is 9.62 Å². The number of aryl methyl sites for hydroxylation is 2. The van der Waals surface area contributed by atoms with Crippen molar-refractivity contribution in [3.05, 3.63) is 59.7 Å². The molecule has 1 aliphatic rings. The number of hydrogen-bond acceptors (Lipinski definition) is 4. The molecule has 3 rings (SSSR count). The maximum absolute atomic E-state index is 12.5. The van der Waals surface area contributed by atoms with Crippen molar-refractivity contribution in [2.75, 3.05) is 44.2 Å². The lowest BCUT2D eigenvalue weighted by Crippen LogP contribution is -2.48. The Kier molecular flexibility index (Phi) is 5.96. The molecule has 5 nitrogen and oxygen atoms in total. The minimum absolute atomic E-state index is 0.381. The molecule has 2 aromatic carbocycles. The molecule has 1 N–H and O–H groups in total. The van der Waals surface area contributed by atoms with Gasteiger partial charge in [-0.2, -0.15) is 0 Å². The summed E-state index contributed by atoms with van der Waals surface area (Å²) in [6.45, 7) is 8.72. The zero-order valence-corrected chi connectivity index (χ0v) is 16.3. The van der Waals surface area contributed by atoms with Crippen molar-refractivity contribution < 1.29 is 8.42 Å². The lowest BCUT2D eigenvalue weighted by Gasteiger charge is -2.36. The summed E-state index contributed by atoms with van der Waals surface area (Å²) >= 11 is 0. The number of anilines is 1. The standard InChI is InChI=1S/C20H27N3O2S/c1-17-8-9-18(2)20(16-17)26(24,25)21-10-11-22-12-14-23(15-13-22)19-6-4-3-5-7-19/h3-9,16,21H,10-15H2,1-2H3. The maximum Gasteiger partial charge on any atom is 0.240 e. The van der Waals surface area contributed by atoms with Gasteiger partial charge < -0.3 is 4.90 Å². The van der Waals surface area contributed by atoms with Crippen LogP contribution in [0, 0.1) is 13.8 Å². The minimum Gasteiger partial charge on any atom is -0.369 e. The average molecular weight is 374 g/mol. The van der Waals surface area contributed by atoms with Gasteiger partial charge in [-0.15, -0.1) is 0 Å². The largest absolute Gasteiger partial charge is 0.369 e. The van der Waals surface area contributed by atoms with Gasteiger partial charge in [0.1, 0.15) is 0 Å². The van der Waals surface area contributed by atoms with E-state index in [1.54, 1.807) is 6.07 Å². The summed E-state index contributed by atoms with van der Waals surface area (Å²) < 4.78 is 27.8. The fourth-order valence-corrected chi connectivity index (χ4v) is 4.63. The molecule has 1 aliphatic heterocycles. The first-order valence-corrected chi connectivity index (χ1v) is 10.5. The van der Waals surface area contributed by atoms with Gasteiger partial charge in [-0.05, 0) is 43.2 Å². The number of rotatable bonds is 6. The third-order valence-corrected chi connectivity index (χ3v) is 6.45. The molecule has 1 heterocycles. The Morgan fingerprint density at radius 1 is 0.962 bits per heavy atom. The van der Waals surface area contributed by atoms with Crippen molar-refractivity contribution in [2.24, 2.45) is 0 Å². The highest BCUT2D eigenvalue weighted by Gasteiger charge is 2.19. The van der Waals surface area contributed by atoms with Crippen molar-refractivity contribution in [3.8, 4) is 0 Å². The van der Waals surface area contributed by atoms with Crippen LogP contribution in [0.5, 0.6) is 0 Å². The summed E-state index contributed by atoms with van der Waals surface area (Å²) in [6.07, 6.45) is 0. The second-order valence-electron chi connectivity index (χ2n) is 6.83. The van der Waals surface area contributed by atoms with Crippen LogP contribution >= 0.6 is 0 Å². The number of nitrogens with zero attached hydrogens (tertiary/aromatic N) is 2. The fourth-order valence-electron chi connectivity index (χ4n) is 3.28. The van der Waals surface area contributed by atoms with Crippen molar-refractivity contribution in [3.63, 3.8) is 0 Å². The summed E-state index contributed by atoms with van der Waals surface area (Å²) in [6, 6.07) is 15.9. The highest BCUT2D eigenvalue weighted by atomic mass is 32.2. The monoisotopic (exact) mass is 373 g/mol. The zero-order valence-electron chi connectivity index (χ0n) is 15.5. The second-order valence-corrected chi connectivity index (χ2v) is 8.57. The number of nitrogens with one attached hydrogen (secondary N) is 1. The molecule has 0 atom stereocenters. The molecule has 0 aromatic heterocycles. The molecule has 0 aliphatic carbocycles. The van der Waals surface area contributed by atoms with E-state index in [9.17, 15) is 8.42 Å². The van der Waals surface area contributed by atoms with Crippen LogP contribution in [0.2, 0.25) is 0 Å². The minimum atomic E-state index is -3.46. The van der Waals surface area contributed by atoms with Crippen molar-refractivity contribution in [2.45, 2.75) is 18.7 Å². The Bertz CT molecular complexity index is 829. The Balaban J connectivity index is 1.49. The molecule has 26 heavy (non-hydrogen) atoms. The van der Waals surface area contributed by atoms with Gasteiger partial charge in [0.2, 0.25) is 10.0 Å². The van der Waals surface area contributed by atoms with Gasteiger partial charge in [0.25, 0.3) is 0 Å². The number of piperazine rings is 1. The second kappa shape index (κ2) is 8.20. The van der Waals surface area contributed by atoms with Crippen molar-refractivity contribution >= 4 is 15.7 Å². The van der Waals surface area contributed by atoms with Crippen LogP contribution < -0.4 is 9.62 Å². The van der Waals surface area contributed by atoms with E-state index in [2.05, 4.69) is 38.8 Å². The van der Waals surface area contributed by atoms with Crippen LogP contribution in [0.1, 0.15) is 11.1 Å². The molecule has 1 fully saturated rings. The van der Waals surface area contributed by atoms with E-state index in [4.69, 9.17) is 0 Å². The molecular weight excluding hydrogens is 346 g/mol. The van der Waals surface area contributed by atoms with Gasteiger partial charge in [-0.25, -0.2) is 13.1 Å². The molecule has 0 radical (unpaired) electrons. The van der Waals surface area contributed by atoms with Gasteiger partial charge >= 0.3 is 0 Å². The highest BCUT2D eigenvalue weighted by molar-refractivity contribution is 7.89. The van der Waals surface area contributed by atoms with E-state index in [0.717, 1.165) is 43.9 Å². The lowest BCUT2D eigenvalue weighted by atomic mass is 10.2. The molecule has 0 spiro atoms. The van der Waals surface area contributed by atoms with Crippen LogP contribution in [-0.4, -0.2) is 52.6 Å². The van der Waals surface area contributed by atoms with E-state index in [1.807, 2.05) is 32.0 Å². The average Bonchev–Trinajstić information content (AvgIpc) is 2.65. The van der Waals surface area contributed by atoms with Crippen LogP contribution in [0.15, 0.2) is 53.4 Å². The normalized spacial score (nSPS) is 16.0. The third-order valence-electron chi connectivity index (χ3n) is 4.85. The predicted molar refractivity (Wildman–Crippen MR) is 106 cm³/mol. The van der Waals surface area contributed by atoms with E-state index >= 15 is 0 Å². The molecular formula is C20H27N3O2S. The van der Waals surface area contributed by atoms with Crippen LogP contribution in [-0.2, 0) is 10.0 Å². The van der Waals surface area contributed by atoms with E-state index in [0.29, 0.717) is 11.4 Å². The maximum atomic E-state index is 12.5. The molecule has 0 saturated carbocycles. The number of sulfonamides is 1. The number of hydrogen-bond donors (Lipinski definition) is 1. The smallest absolute Gasteiger partial charge is 0.240 e. The molecule has 0 bridgehead atoms. The number of para-hydroxylation sites is 1. The first kappa shape index (κ1) is 18.9. The third kappa shape index (κ3) is 4.63. The Morgan fingerprint density at radius 2 is 1.65 bits per heavy atom. The van der Waals surface area contributed by atoms with E-state index < -0.39 is 10.0 Å². The summed E-state index contributed by atoms with van der Waals surface area (Å²) in [5.41, 5.74) is 2.98. The van der Waals surface area contributed by atoms with Gasteiger partial charge in [0, 0.05) is 45.0 Å². The number of benzene rings is 2. The van der Waals surface area contributed by atoms with Crippen LogP contribution in [0.25, 0.3) is 0 Å². The van der Waals surface area contributed by atoms with Crippen molar-refractivity contribution in [1.29, 1.82) is 0 Å². The van der Waals surface area contributed by atoms with Crippen LogP contribution in [0.4, 0.5) is 5.69 Å². The van der Waals surface area contributed by atoms with E-state index in [1.165, 1.54) is 5.69 Å². The summed E-state index contributed by atoms with van der Waals surface area (Å²) in [5, 5.41) is 0. The summed E-state index contributed by atoms with van der Waals surface area (Å²) in [4.78, 5) is 5.06. The quantitative estimate of drug-likeness (QED) is 0.845. The molecule has 6 heteroatoms. The van der Waals surface area contributed by atoms with Gasteiger partial charge in [-0.3, -0.25) is 4.90 Å². The lowest BCUT2D eigenvalue weighted by molar-refractivity contribution is 0.262. The van der Waals surface area contributed by atoms with E-state index in [-0.39, 0.29) is 0 Å². The predicted octanol–water partition coefficient (Wildman–Crippen LogP) is 2.40. The van der Waals surface area contributed by atoms with Gasteiger partial charge in [-0.1, -0.05) is 30.3 Å². The molecule has 1 saturated heterocycles.